The van der Waals surface area contributed by atoms with Crippen LogP contribution < -0.4 is 16.0 Å². The number of benzene rings is 1. The third-order valence-electron chi connectivity index (χ3n) is 4.63. The minimum atomic E-state index is -0.312. The molecular weight excluding hydrogens is 294 g/mol. The summed E-state index contributed by atoms with van der Waals surface area (Å²) in [4.78, 5) is 23.8. The first kappa shape index (κ1) is 15.8. The Morgan fingerprint density at radius 3 is 2.52 bits per heavy atom. The number of rotatable bonds is 4. The van der Waals surface area contributed by atoms with Gasteiger partial charge < -0.3 is 20.7 Å². The first-order valence-electron chi connectivity index (χ1n) is 8.05. The molecule has 0 unspecified atom stereocenters. The monoisotopic (exact) mass is 317 g/mol. The summed E-state index contributed by atoms with van der Waals surface area (Å²) < 4.78 is 5.81. The van der Waals surface area contributed by atoms with Crippen LogP contribution in [0.2, 0.25) is 0 Å². The Morgan fingerprint density at radius 2 is 1.91 bits per heavy atom. The minimum absolute atomic E-state index is 0.115. The molecule has 6 heteroatoms. The number of hydrogen-bond acceptors (Lipinski definition) is 3. The van der Waals surface area contributed by atoms with Gasteiger partial charge in [0.05, 0.1) is 11.6 Å². The molecule has 6 nitrogen and oxygen atoms in total. The molecule has 2 atom stereocenters. The van der Waals surface area contributed by atoms with Crippen molar-refractivity contribution in [3.05, 3.63) is 29.8 Å². The molecule has 1 aliphatic heterocycles. The Kier molecular flexibility index (Phi) is 4.26. The summed E-state index contributed by atoms with van der Waals surface area (Å²) in [5.74, 6) is 0.429. The zero-order valence-corrected chi connectivity index (χ0v) is 13.5. The van der Waals surface area contributed by atoms with E-state index in [4.69, 9.17) is 4.74 Å². The van der Waals surface area contributed by atoms with Gasteiger partial charge in [-0.3, -0.25) is 4.79 Å². The average Bonchev–Trinajstić information content (AvgIpc) is 3.30. The van der Waals surface area contributed by atoms with Gasteiger partial charge in [0.15, 0.2) is 0 Å². The van der Waals surface area contributed by atoms with Gasteiger partial charge in [-0.1, -0.05) is 0 Å². The van der Waals surface area contributed by atoms with Gasteiger partial charge in [0.25, 0.3) is 5.91 Å². The SMILES string of the molecule is CNC(=O)c1ccc(NC(=O)N[C@]2(C)CCO[C@@H]2C2CC2)cc1. The molecule has 0 bridgehead atoms. The van der Waals surface area contributed by atoms with Crippen molar-refractivity contribution in [1.82, 2.24) is 10.6 Å². The zero-order chi connectivity index (χ0) is 16.4. The number of urea groups is 1. The first-order valence-corrected chi connectivity index (χ1v) is 8.05. The number of hydrogen-bond donors (Lipinski definition) is 3. The van der Waals surface area contributed by atoms with E-state index in [1.807, 2.05) is 0 Å². The lowest BCUT2D eigenvalue weighted by Gasteiger charge is -2.31. The second kappa shape index (κ2) is 6.20. The topological polar surface area (TPSA) is 79.5 Å². The van der Waals surface area contributed by atoms with Crippen molar-refractivity contribution in [3.63, 3.8) is 0 Å². The van der Waals surface area contributed by atoms with E-state index in [1.165, 1.54) is 12.8 Å². The Bertz CT molecular complexity index is 598. The van der Waals surface area contributed by atoms with Crippen LogP contribution in [0.4, 0.5) is 10.5 Å². The maximum atomic E-state index is 12.3. The lowest BCUT2D eigenvalue weighted by atomic mass is 9.90. The summed E-state index contributed by atoms with van der Waals surface area (Å²) in [7, 11) is 1.59. The summed E-state index contributed by atoms with van der Waals surface area (Å²) >= 11 is 0. The van der Waals surface area contributed by atoms with Gasteiger partial charge in [-0.2, -0.15) is 0 Å². The molecule has 0 spiro atoms. The van der Waals surface area contributed by atoms with E-state index in [2.05, 4.69) is 22.9 Å². The predicted octanol–water partition coefficient (Wildman–Crippen LogP) is 2.13. The highest BCUT2D eigenvalue weighted by Crippen LogP contribution is 2.43. The summed E-state index contributed by atoms with van der Waals surface area (Å²) in [5.41, 5.74) is 0.900. The molecule has 1 aromatic carbocycles. The van der Waals surface area contributed by atoms with Crippen LogP contribution in [0.25, 0.3) is 0 Å². The van der Waals surface area contributed by atoms with Crippen molar-refractivity contribution in [2.24, 2.45) is 5.92 Å². The van der Waals surface area contributed by atoms with Crippen molar-refractivity contribution in [3.8, 4) is 0 Å². The summed E-state index contributed by atoms with van der Waals surface area (Å²) in [6, 6.07) is 6.56. The van der Waals surface area contributed by atoms with Crippen molar-refractivity contribution in [1.29, 1.82) is 0 Å². The van der Waals surface area contributed by atoms with Crippen LogP contribution in [0.1, 0.15) is 36.5 Å². The largest absolute Gasteiger partial charge is 0.375 e. The molecule has 3 amide bonds. The van der Waals surface area contributed by atoms with Gasteiger partial charge in [0, 0.05) is 24.9 Å². The lowest BCUT2D eigenvalue weighted by molar-refractivity contribution is 0.0597. The number of ether oxygens (including phenoxy) is 1. The van der Waals surface area contributed by atoms with Crippen molar-refractivity contribution >= 4 is 17.6 Å². The third kappa shape index (κ3) is 3.47. The maximum absolute atomic E-state index is 12.3. The highest BCUT2D eigenvalue weighted by Gasteiger charge is 2.49. The lowest BCUT2D eigenvalue weighted by Crippen LogP contribution is -2.53. The van der Waals surface area contributed by atoms with Gasteiger partial charge >= 0.3 is 6.03 Å². The van der Waals surface area contributed by atoms with E-state index in [0.717, 1.165) is 6.42 Å². The molecule has 1 saturated heterocycles. The second-order valence-electron chi connectivity index (χ2n) is 6.53. The molecular formula is C17H23N3O3. The summed E-state index contributed by atoms with van der Waals surface area (Å²) in [5, 5.41) is 8.45. The van der Waals surface area contributed by atoms with Crippen LogP contribution in [0.15, 0.2) is 24.3 Å². The van der Waals surface area contributed by atoms with E-state index in [0.29, 0.717) is 23.8 Å². The van der Waals surface area contributed by atoms with Gasteiger partial charge in [-0.05, 0) is 56.4 Å². The normalized spacial score (nSPS) is 26.6. The molecule has 2 fully saturated rings. The van der Waals surface area contributed by atoms with Crippen LogP contribution in [-0.4, -0.2) is 37.2 Å². The molecule has 0 aromatic heterocycles. The minimum Gasteiger partial charge on any atom is -0.375 e. The summed E-state index contributed by atoms with van der Waals surface area (Å²) in [6.07, 6.45) is 3.32. The Balaban J connectivity index is 1.59. The van der Waals surface area contributed by atoms with Crippen molar-refractivity contribution in [2.75, 3.05) is 19.0 Å². The smallest absolute Gasteiger partial charge is 0.319 e. The second-order valence-corrected chi connectivity index (χ2v) is 6.53. The Labute approximate surface area is 136 Å². The van der Waals surface area contributed by atoms with Crippen molar-refractivity contribution in [2.45, 2.75) is 37.8 Å². The van der Waals surface area contributed by atoms with Crippen LogP contribution in [0.3, 0.4) is 0 Å². The fourth-order valence-corrected chi connectivity index (χ4v) is 3.18. The first-order chi connectivity index (χ1) is 11.0. The van der Waals surface area contributed by atoms with Gasteiger partial charge in [-0.15, -0.1) is 0 Å². The average molecular weight is 317 g/mol. The number of carbonyl (C=O) groups excluding carboxylic acids is 2. The van der Waals surface area contributed by atoms with Crippen LogP contribution >= 0.6 is 0 Å². The Hall–Kier alpha value is -2.08. The molecule has 23 heavy (non-hydrogen) atoms. The number of carbonyl (C=O) groups is 2. The fourth-order valence-electron chi connectivity index (χ4n) is 3.18. The maximum Gasteiger partial charge on any atom is 0.319 e. The van der Waals surface area contributed by atoms with Gasteiger partial charge in [-0.25, -0.2) is 4.79 Å². The zero-order valence-electron chi connectivity index (χ0n) is 13.5. The van der Waals surface area contributed by atoms with Crippen LogP contribution in [0.5, 0.6) is 0 Å². The molecule has 124 valence electrons. The molecule has 1 heterocycles. The third-order valence-corrected chi connectivity index (χ3v) is 4.63. The Morgan fingerprint density at radius 1 is 1.22 bits per heavy atom. The van der Waals surface area contributed by atoms with Gasteiger partial charge in [0.2, 0.25) is 0 Å². The van der Waals surface area contributed by atoms with Crippen LogP contribution in [-0.2, 0) is 4.74 Å². The molecule has 3 N–H and O–H groups in total. The molecule has 1 aliphatic carbocycles. The van der Waals surface area contributed by atoms with Crippen molar-refractivity contribution < 1.29 is 14.3 Å². The van der Waals surface area contributed by atoms with E-state index in [1.54, 1.807) is 31.3 Å². The molecule has 0 radical (unpaired) electrons. The number of anilines is 1. The van der Waals surface area contributed by atoms with E-state index < -0.39 is 0 Å². The summed E-state index contributed by atoms with van der Waals surface area (Å²) in [6.45, 7) is 2.75. The number of nitrogens with one attached hydrogen (secondary N) is 3. The van der Waals surface area contributed by atoms with E-state index >= 15 is 0 Å². The van der Waals surface area contributed by atoms with Crippen LogP contribution in [0, 0.1) is 5.92 Å². The standard InChI is InChI=1S/C17H23N3O3/c1-17(9-10-23-14(17)11-3-4-11)20-16(22)19-13-7-5-12(6-8-13)15(21)18-2/h5-8,11,14H,3-4,9-10H2,1-2H3,(H,18,21)(H2,19,20,22)/t14-,17-/m1/s1. The molecule has 3 rings (SSSR count). The van der Waals surface area contributed by atoms with E-state index in [-0.39, 0.29) is 23.6 Å². The van der Waals surface area contributed by atoms with Gasteiger partial charge in [0.1, 0.15) is 0 Å². The van der Waals surface area contributed by atoms with E-state index in [9.17, 15) is 9.59 Å². The molecule has 1 aromatic rings. The predicted molar refractivity (Wildman–Crippen MR) is 87.5 cm³/mol. The highest BCUT2D eigenvalue weighted by atomic mass is 16.5. The fraction of sp³-hybridized carbons (Fsp3) is 0.529. The quantitative estimate of drug-likeness (QED) is 0.796. The molecule has 2 aliphatic rings. The highest BCUT2D eigenvalue weighted by molar-refractivity contribution is 5.95. The molecule has 1 saturated carbocycles. The number of amides is 3.